The quantitative estimate of drug-likeness (QED) is 0.197. The maximum atomic E-state index is 10.4. The summed E-state index contributed by atoms with van der Waals surface area (Å²) < 4.78 is 0. The van der Waals surface area contributed by atoms with Gasteiger partial charge >= 0.3 is 5.97 Å². The molecule has 0 aliphatic carbocycles. The Labute approximate surface area is 98.0 Å². The summed E-state index contributed by atoms with van der Waals surface area (Å²) >= 11 is 0. The van der Waals surface area contributed by atoms with Crippen molar-refractivity contribution in [1.29, 1.82) is 0 Å². The van der Waals surface area contributed by atoms with Gasteiger partial charge in [0.1, 0.15) is 11.8 Å². The molecule has 0 bridgehead atoms. The third-order valence-electron chi connectivity index (χ3n) is 1.78. The molecule has 1 aromatic rings. The molecular weight excluding hydrogens is 226 g/mol. The van der Waals surface area contributed by atoms with Crippen molar-refractivity contribution in [1.82, 2.24) is 5.43 Å². The normalized spacial score (nSPS) is 10.7. The van der Waals surface area contributed by atoms with Crippen LogP contribution in [-0.4, -0.2) is 28.6 Å². The molecule has 1 unspecified atom stereocenters. The van der Waals surface area contributed by atoms with Gasteiger partial charge in [-0.1, -0.05) is 12.1 Å². The van der Waals surface area contributed by atoms with E-state index < -0.39 is 12.0 Å². The van der Waals surface area contributed by atoms with E-state index in [9.17, 15) is 4.79 Å². The number of carbonyl (C=O) groups is 2. The maximum Gasteiger partial charge on any atom is 0.320 e. The molecule has 0 saturated heterocycles. The number of aromatic hydroxyl groups is 1. The van der Waals surface area contributed by atoms with Crippen LogP contribution in [0, 0.1) is 0 Å². The zero-order chi connectivity index (χ0) is 13.3. The molecule has 0 heterocycles. The van der Waals surface area contributed by atoms with Crippen molar-refractivity contribution in [3.8, 4) is 5.75 Å². The Hall–Kier alpha value is -2.12. The topological polar surface area (TPSA) is 139 Å². The molecule has 1 rings (SSSR count). The number of carboxylic acid groups (broad SMARTS) is 1. The van der Waals surface area contributed by atoms with Gasteiger partial charge in [-0.2, -0.15) is 0 Å². The van der Waals surface area contributed by atoms with E-state index in [0.29, 0.717) is 6.41 Å². The second-order valence-corrected chi connectivity index (χ2v) is 3.10. The minimum absolute atomic E-state index is 0.160. The molecule has 0 aliphatic heterocycles. The smallest absolute Gasteiger partial charge is 0.320 e. The molecule has 0 spiro atoms. The highest BCUT2D eigenvalue weighted by Crippen LogP contribution is 2.10. The van der Waals surface area contributed by atoms with Crippen LogP contribution in [-0.2, 0) is 16.0 Å². The number of hydrazine groups is 1. The molecule has 7 heteroatoms. The van der Waals surface area contributed by atoms with Crippen LogP contribution in [0.5, 0.6) is 5.75 Å². The fourth-order valence-electron chi connectivity index (χ4n) is 0.973. The van der Waals surface area contributed by atoms with Crippen molar-refractivity contribution in [3.05, 3.63) is 29.8 Å². The minimum atomic E-state index is -1.02. The summed E-state index contributed by atoms with van der Waals surface area (Å²) in [5.74, 6) is 3.55. The summed E-state index contributed by atoms with van der Waals surface area (Å²) in [6.07, 6.45) is 0.676. The van der Waals surface area contributed by atoms with Crippen molar-refractivity contribution in [2.45, 2.75) is 12.5 Å². The molecule has 7 nitrogen and oxygen atoms in total. The molecular formula is C10H15N3O4. The van der Waals surface area contributed by atoms with Gasteiger partial charge < -0.3 is 15.9 Å². The SMILES string of the molecule is NC(Cc1ccc(O)cc1)C(=O)O.NNC=O. The van der Waals surface area contributed by atoms with Gasteiger partial charge in [-0.3, -0.25) is 15.0 Å². The van der Waals surface area contributed by atoms with Crippen molar-refractivity contribution in [2.24, 2.45) is 11.6 Å². The predicted molar refractivity (Wildman–Crippen MR) is 60.8 cm³/mol. The third-order valence-corrected chi connectivity index (χ3v) is 1.78. The van der Waals surface area contributed by atoms with E-state index in [1.807, 2.05) is 0 Å². The highest BCUT2D eigenvalue weighted by Gasteiger charge is 2.11. The number of hydrogen-bond donors (Lipinski definition) is 5. The molecule has 7 N–H and O–H groups in total. The molecule has 0 aliphatic rings. The van der Waals surface area contributed by atoms with E-state index in [1.165, 1.54) is 12.1 Å². The Morgan fingerprint density at radius 2 is 1.88 bits per heavy atom. The second-order valence-electron chi connectivity index (χ2n) is 3.10. The average Bonchev–Trinajstić information content (AvgIpc) is 2.32. The largest absolute Gasteiger partial charge is 0.508 e. The van der Waals surface area contributed by atoms with Crippen molar-refractivity contribution < 1.29 is 19.8 Å². The van der Waals surface area contributed by atoms with Crippen molar-refractivity contribution >= 4 is 12.4 Å². The van der Waals surface area contributed by atoms with Crippen LogP contribution < -0.4 is 17.0 Å². The van der Waals surface area contributed by atoms with Gasteiger partial charge in [0.2, 0.25) is 6.41 Å². The number of carboxylic acids is 1. The molecule has 1 atom stereocenters. The lowest BCUT2D eigenvalue weighted by molar-refractivity contribution is -0.138. The molecule has 0 aromatic heterocycles. The van der Waals surface area contributed by atoms with Crippen LogP contribution in [0.4, 0.5) is 0 Å². The summed E-state index contributed by atoms with van der Waals surface area (Å²) in [4.78, 5) is 19.3. The number of nitrogens with two attached hydrogens (primary N) is 2. The lowest BCUT2D eigenvalue weighted by Crippen LogP contribution is -2.32. The van der Waals surface area contributed by atoms with Crippen LogP contribution in [0.1, 0.15) is 5.56 Å². The number of aliphatic carboxylic acids is 1. The lowest BCUT2D eigenvalue weighted by Gasteiger charge is -2.05. The number of hydrogen-bond acceptors (Lipinski definition) is 5. The number of rotatable bonds is 4. The molecule has 1 aromatic carbocycles. The summed E-state index contributed by atoms with van der Waals surface area (Å²) in [5, 5.41) is 17.5. The van der Waals surface area contributed by atoms with Gasteiger partial charge in [-0.15, -0.1) is 0 Å². The summed E-state index contributed by atoms with van der Waals surface area (Å²) in [7, 11) is 0. The van der Waals surface area contributed by atoms with Crippen molar-refractivity contribution in [2.75, 3.05) is 0 Å². The zero-order valence-electron chi connectivity index (χ0n) is 9.04. The summed E-state index contributed by atoms with van der Waals surface area (Å²) in [6.45, 7) is 0. The van der Waals surface area contributed by atoms with Crippen LogP contribution in [0.25, 0.3) is 0 Å². The minimum Gasteiger partial charge on any atom is -0.508 e. The number of phenolic OH excluding ortho intramolecular Hbond substituents is 1. The number of amides is 1. The standard InChI is InChI=1S/C9H11NO3.CH4N2O/c10-8(9(12)13)5-6-1-3-7(11)4-2-6;2-3-1-4/h1-4,8,11H,5,10H2,(H,12,13);1H,2H2,(H,3,4). The fourth-order valence-corrected chi connectivity index (χ4v) is 0.973. The van der Waals surface area contributed by atoms with Crippen LogP contribution >= 0.6 is 0 Å². The summed E-state index contributed by atoms with van der Waals surface area (Å²) in [6, 6.07) is 5.42. The van der Waals surface area contributed by atoms with Crippen molar-refractivity contribution in [3.63, 3.8) is 0 Å². The van der Waals surface area contributed by atoms with E-state index in [1.54, 1.807) is 17.6 Å². The first-order chi connectivity index (χ1) is 8.01. The Kier molecular flexibility index (Phi) is 7.07. The van der Waals surface area contributed by atoms with Gasteiger partial charge in [-0.25, -0.2) is 5.84 Å². The van der Waals surface area contributed by atoms with Crippen LogP contribution in [0.2, 0.25) is 0 Å². The van der Waals surface area contributed by atoms with Crippen LogP contribution in [0.15, 0.2) is 24.3 Å². The van der Waals surface area contributed by atoms with E-state index in [2.05, 4.69) is 5.84 Å². The molecule has 0 saturated carbocycles. The first-order valence-electron chi connectivity index (χ1n) is 4.67. The number of carbonyl (C=O) groups excluding carboxylic acids is 1. The highest BCUT2D eigenvalue weighted by molar-refractivity contribution is 5.73. The Morgan fingerprint density at radius 3 is 2.24 bits per heavy atom. The Balaban J connectivity index is 0.000000557. The first kappa shape index (κ1) is 14.9. The lowest BCUT2D eigenvalue weighted by atomic mass is 10.1. The van der Waals surface area contributed by atoms with E-state index in [0.717, 1.165) is 5.56 Å². The van der Waals surface area contributed by atoms with Gasteiger partial charge in [-0.05, 0) is 24.1 Å². The zero-order valence-corrected chi connectivity index (χ0v) is 9.04. The maximum absolute atomic E-state index is 10.4. The van der Waals surface area contributed by atoms with Gasteiger partial charge in [0.15, 0.2) is 0 Å². The number of nitrogens with one attached hydrogen (secondary N) is 1. The molecule has 0 fully saturated rings. The second kappa shape index (κ2) is 8.08. The molecule has 1 amide bonds. The van der Waals surface area contributed by atoms with E-state index >= 15 is 0 Å². The monoisotopic (exact) mass is 241 g/mol. The molecule has 94 valence electrons. The van der Waals surface area contributed by atoms with Gasteiger partial charge in [0, 0.05) is 0 Å². The van der Waals surface area contributed by atoms with E-state index in [-0.39, 0.29) is 12.2 Å². The number of phenols is 1. The van der Waals surface area contributed by atoms with Gasteiger partial charge in [0.25, 0.3) is 0 Å². The van der Waals surface area contributed by atoms with E-state index in [4.69, 9.17) is 20.7 Å². The van der Waals surface area contributed by atoms with Crippen LogP contribution in [0.3, 0.4) is 0 Å². The Bertz CT molecular complexity index is 353. The fraction of sp³-hybridized carbons (Fsp3) is 0.200. The van der Waals surface area contributed by atoms with Gasteiger partial charge in [0.05, 0.1) is 0 Å². The number of benzene rings is 1. The molecule has 17 heavy (non-hydrogen) atoms. The predicted octanol–water partition coefficient (Wildman–Crippen LogP) is -1.05. The first-order valence-corrected chi connectivity index (χ1v) is 4.67. The highest BCUT2D eigenvalue weighted by atomic mass is 16.4. The Morgan fingerprint density at radius 1 is 1.41 bits per heavy atom. The third kappa shape index (κ3) is 6.88. The average molecular weight is 241 g/mol. The summed E-state index contributed by atoms with van der Waals surface area (Å²) in [5.41, 5.74) is 7.87. The molecule has 0 radical (unpaired) electrons.